The maximum Gasteiger partial charge on any atom is 0.573 e. The smallest absolute Gasteiger partial charge is 0.469 e. The Morgan fingerprint density at radius 3 is 2.32 bits per heavy atom. The molecule has 0 spiro atoms. The molecule has 0 fully saturated rings. The highest BCUT2D eigenvalue weighted by Crippen LogP contribution is 2.35. The molecule has 14 heteroatoms. The first-order valence-electron chi connectivity index (χ1n) is 10.6. The van der Waals surface area contributed by atoms with Gasteiger partial charge in [0, 0.05) is 19.5 Å². The number of benzene rings is 1. The third kappa shape index (κ3) is 6.20. The van der Waals surface area contributed by atoms with Gasteiger partial charge in [0.2, 0.25) is 5.88 Å². The van der Waals surface area contributed by atoms with Crippen molar-refractivity contribution in [1.29, 1.82) is 0 Å². The van der Waals surface area contributed by atoms with E-state index in [0.717, 1.165) is 35.1 Å². The molecule has 37 heavy (non-hydrogen) atoms. The average Bonchev–Trinajstić information content (AvgIpc) is 3.13. The number of halogens is 6. The maximum absolute atomic E-state index is 13.3. The standard InChI is InChI=1S/C23H18F6N4O4/c1-35-13-17(36-20-18(22(24,25)26)3-2-10-30-20)12-33-21(34)32-11-15(6-9-19(32)31-33)14-4-7-16(8-5-14)37-23(27,28)29/h2-11,17H,12-13H2,1H3/t17-/m1/s1. The minimum absolute atomic E-state index is 0.161. The molecule has 0 saturated heterocycles. The Kier molecular flexibility index (Phi) is 7.12. The molecule has 0 radical (unpaired) electrons. The van der Waals surface area contributed by atoms with E-state index >= 15 is 0 Å². The van der Waals surface area contributed by atoms with Crippen LogP contribution in [-0.2, 0) is 17.5 Å². The van der Waals surface area contributed by atoms with Gasteiger partial charge in [0.15, 0.2) is 5.65 Å². The molecule has 3 heterocycles. The van der Waals surface area contributed by atoms with Gasteiger partial charge >= 0.3 is 18.2 Å². The van der Waals surface area contributed by atoms with Gasteiger partial charge in [-0.1, -0.05) is 12.1 Å². The molecule has 0 saturated carbocycles. The van der Waals surface area contributed by atoms with Crippen LogP contribution in [0, 0.1) is 0 Å². The highest BCUT2D eigenvalue weighted by molar-refractivity contribution is 5.65. The summed E-state index contributed by atoms with van der Waals surface area (Å²) in [7, 11) is 1.32. The van der Waals surface area contributed by atoms with Crippen LogP contribution in [0.1, 0.15) is 5.56 Å². The number of ether oxygens (including phenoxy) is 3. The van der Waals surface area contributed by atoms with E-state index in [1.54, 1.807) is 6.07 Å². The second-order valence-corrected chi connectivity index (χ2v) is 7.73. The monoisotopic (exact) mass is 528 g/mol. The van der Waals surface area contributed by atoms with Crippen LogP contribution in [0.3, 0.4) is 0 Å². The van der Waals surface area contributed by atoms with Crippen molar-refractivity contribution in [1.82, 2.24) is 19.2 Å². The van der Waals surface area contributed by atoms with Crippen molar-refractivity contribution in [2.24, 2.45) is 0 Å². The molecule has 4 rings (SSSR count). The number of rotatable bonds is 8. The molecule has 0 aliphatic heterocycles. The predicted octanol–water partition coefficient (Wildman–Crippen LogP) is 4.57. The number of alkyl halides is 6. The predicted molar refractivity (Wildman–Crippen MR) is 117 cm³/mol. The minimum atomic E-state index is -4.82. The van der Waals surface area contributed by atoms with E-state index in [1.165, 1.54) is 35.9 Å². The molecule has 0 aliphatic carbocycles. The summed E-state index contributed by atoms with van der Waals surface area (Å²) < 4.78 is 93.6. The highest BCUT2D eigenvalue weighted by Gasteiger charge is 2.36. The summed E-state index contributed by atoms with van der Waals surface area (Å²) in [5.74, 6) is -1.05. The Morgan fingerprint density at radius 1 is 0.973 bits per heavy atom. The fourth-order valence-corrected chi connectivity index (χ4v) is 3.52. The summed E-state index contributed by atoms with van der Waals surface area (Å²) in [5, 5.41) is 4.18. The Balaban J connectivity index is 1.59. The lowest BCUT2D eigenvalue weighted by molar-refractivity contribution is -0.274. The first kappa shape index (κ1) is 26.0. The van der Waals surface area contributed by atoms with Crippen LogP contribution in [0.15, 0.2) is 65.7 Å². The van der Waals surface area contributed by atoms with Gasteiger partial charge in [-0.05, 0) is 47.5 Å². The molecule has 0 bridgehead atoms. The number of hydrogen-bond donors (Lipinski definition) is 0. The molecule has 4 aromatic rings. The lowest BCUT2D eigenvalue weighted by Crippen LogP contribution is -2.34. The van der Waals surface area contributed by atoms with E-state index < -0.39 is 41.5 Å². The van der Waals surface area contributed by atoms with E-state index in [1.807, 2.05) is 0 Å². The van der Waals surface area contributed by atoms with Crippen molar-refractivity contribution < 1.29 is 40.6 Å². The maximum atomic E-state index is 13.3. The number of fused-ring (bicyclic) bond motifs is 1. The van der Waals surface area contributed by atoms with Crippen molar-refractivity contribution in [3.05, 3.63) is 77.0 Å². The van der Waals surface area contributed by atoms with Crippen LogP contribution in [0.2, 0.25) is 0 Å². The second kappa shape index (κ2) is 10.1. The zero-order valence-electron chi connectivity index (χ0n) is 19.0. The van der Waals surface area contributed by atoms with Crippen molar-refractivity contribution >= 4 is 5.65 Å². The van der Waals surface area contributed by atoms with Crippen molar-refractivity contribution in [2.45, 2.75) is 25.2 Å². The molecular weight excluding hydrogens is 510 g/mol. The molecule has 3 aromatic heterocycles. The Bertz CT molecular complexity index is 1430. The van der Waals surface area contributed by atoms with Gasteiger partial charge in [-0.3, -0.25) is 0 Å². The zero-order chi connectivity index (χ0) is 26.8. The summed E-state index contributed by atoms with van der Waals surface area (Å²) in [6.45, 7) is -0.410. The zero-order valence-corrected chi connectivity index (χ0v) is 19.0. The number of methoxy groups -OCH3 is 1. The highest BCUT2D eigenvalue weighted by atomic mass is 19.4. The van der Waals surface area contributed by atoms with Gasteiger partial charge in [0.1, 0.15) is 17.4 Å². The van der Waals surface area contributed by atoms with E-state index in [4.69, 9.17) is 9.47 Å². The average molecular weight is 528 g/mol. The third-order valence-electron chi connectivity index (χ3n) is 5.08. The first-order chi connectivity index (χ1) is 17.4. The van der Waals surface area contributed by atoms with Gasteiger partial charge < -0.3 is 14.2 Å². The Morgan fingerprint density at radius 2 is 1.68 bits per heavy atom. The molecule has 1 aromatic carbocycles. The largest absolute Gasteiger partial charge is 0.573 e. The first-order valence-corrected chi connectivity index (χ1v) is 10.6. The fourth-order valence-electron chi connectivity index (χ4n) is 3.52. The number of pyridine rings is 2. The van der Waals surface area contributed by atoms with Crippen LogP contribution in [0.5, 0.6) is 11.6 Å². The molecular formula is C23H18F6N4O4. The van der Waals surface area contributed by atoms with E-state index in [2.05, 4.69) is 14.8 Å². The van der Waals surface area contributed by atoms with Gasteiger partial charge in [0.25, 0.3) is 0 Å². The summed E-state index contributed by atoms with van der Waals surface area (Å²) in [6.07, 6.45) is -7.97. The molecule has 8 nitrogen and oxygen atoms in total. The lowest BCUT2D eigenvalue weighted by atomic mass is 10.1. The van der Waals surface area contributed by atoms with Gasteiger partial charge in [-0.25, -0.2) is 18.9 Å². The van der Waals surface area contributed by atoms with Gasteiger partial charge in [-0.15, -0.1) is 18.3 Å². The molecule has 196 valence electrons. The van der Waals surface area contributed by atoms with E-state index in [-0.39, 0.29) is 18.8 Å². The third-order valence-corrected chi connectivity index (χ3v) is 5.08. The second-order valence-electron chi connectivity index (χ2n) is 7.73. The van der Waals surface area contributed by atoms with E-state index in [0.29, 0.717) is 11.1 Å². The van der Waals surface area contributed by atoms with Crippen LogP contribution in [-0.4, -0.2) is 45.3 Å². The topological polar surface area (TPSA) is 79.9 Å². The SMILES string of the molecule is COC[C@@H](Cn1nc2ccc(-c3ccc(OC(F)(F)F)cc3)cn2c1=O)Oc1ncccc1C(F)(F)F. The Hall–Kier alpha value is -4.07. The summed E-state index contributed by atoms with van der Waals surface area (Å²) in [4.78, 5) is 16.6. The number of nitrogens with zero attached hydrogens (tertiary/aromatic N) is 4. The molecule has 0 amide bonds. The number of aromatic nitrogens is 4. The van der Waals surface area contributed by atoms with Crippen LogP contribution >= 0.6 is 0 Å². The van der Waals surface area contributed by atoms with Crippen molar-refractivity contribution in [3.63, 3.8) is 0 Å². The normalized spacial score (nSPS) is 13.1. The van der Waals surface area contributed by atoms with Crippen LogP contribution in [0.25, 0.3) is 16.8 Å². The van der Waals surface area contributed by atoms with Crippen molar-refractivity contribution in [3.8, 4) is 22.8 Å². The summed E-state index contributed by atoms with van der Waals surface area (Å²) in [5.41, 5.74) is -0.451. The summed E-state index contributed by atoms with van der Waals surface area (Å²) >= 11 is 0. The molecule has 0 unspecified atom stereocenters. The van der Waals surface area contributed by atoms with Crippen LogP contribution in [0.4, 0.5) is 26.3 Å². The minimum Gasteiger partial charge on any atom is -0.469 e. The van der Waals surface area contributed by atoms with E-state index in [9.17, 15) is 31.1 Å². The quantitative estimate of drug-likeness (QED) is 0.312. The molecule has 0 N–H and O–H groups in total. The van der Waals surface area contributed by atoms with Gasteiger partial charge in [0.05, 0.1) is 13.2 Å². The summed E-state index contributed by atoms with van der Waals surface area (Å²) in [6, 6.07) is 10.1. The van der Waals surface area contributed by atoms with Crippen molar-refractivity contribution in [2.75, 3.05) is 13.7 Å². The fraction of sp³-hybridized carbons (Fsp3) is 0.261. The Labute approximate surface area is 204 Å². The molecule has 0 aliphatic rings. The van der Waals surface area contributed by atoms with Crippen LogP contribution < -0.4 is 15.2 Å². The molecule has 1 atom stereocenters. The lowest BCUT2D eigenvalue weighted by Gasteiger charge is -2.19. The van der Waals surface area contributed by atoms with Gasteiger partial charge in [-0.2, -0.15) is 13.2 Å². The number of hydrogen-bond acceptors (Lipinski definition) is 6.